The van der Waals surface area contributed by atoms with Crippen LogP contribution in [0.3, 0.4) is 0 Å². The number of nitrogens with one attached hydrogen (secondary N) is 1. The molecule has 172 valence electrons. The van der Waals surface area contributed by atoms with E-state index < -0.39 is 41.5 Å². The first-order chi connectivity index (χ1) is 16.2. The van der Waals surface area contributed by atoms with E-state index in [4.69, 9.17) is 0 Å². The van der Waals surface area contributed by atoms with Gasteiger partial charge in [-0.15, -0.1) is 4.80 Å². The molecule has 0 fully saturated rings. The lowest BCUT2D eigenvalue weighted by Gasteiger charge is -2.13. The molecule has 0 spiro atoms. The van der Waals surface area contributed by atoms with Crippen molar-refractivity contribution in [1.82, 2.24) is 29.8 Å². The third-order valence-corrected chi connectivity index (χ3v) is 4.53. The SMILES string of the molecule is N#Cc1cc(NC(=O)c2cnn(Cc3cc(F)ccc3F)c2C(F)(F)F)cnc1-n1nccn1. The Morgan fingerprint density at radius 3 is 2.50 bits per heavy atom. The molecule has 0 saturated heterocycles. The lowest BCUT2D eigenvalue weighted by Crippen LogP contribution is -2.22. The molecule has 1 aromatic carbocycles. The van der Waals surface area contributed by atoms with Crippen LogP contribution in [0.25, 0.3) is 5.82 Å². The molecule has 14 heteroatoms. The smallest absolute Gasteiger partial charge is 0.320 e. The van der Waals surface area contributed by atoms with E-state index >= 15 is 0 Å². The standard InChI is InChI=1S/C20H11F5N8O/c21-13-1-2-16(22)12(5-13)10-32-17(20(23,24)25)15(9-30-32)19(34)31-14-6-11(7-26)18(27-8-14)33-28-3-4-29-33/h1-6,8-9H,10H2,(H,31,34). The van der Waals surface area contributed by atoms with Crippen LogP contribution in [0.4, 0.5) is 27.6 Å². The Labute approximate surface area is 187 Å². The highest BCUT2D eigenvalue weighted by Gasteiger charge is 2.40. The summed E-state index contributed by atoms with van der Waals surface area (Å²) in [5, 5.41) is 22.8. The minimum atomic E-state index is -5.04. The topological polar surface area (TPSA) is 114 Å². The van der Waals surface area contributed by atoms with E-state index in [-0.39, 0.29) is 22.6 Å². The number of nitrogens with zero attached hydrogens (tertiary/aromatic N) is 7. The quantitative estimate of drug-likeness (QED) is 0.444. The molecular weight excluding hydrogens is 463 g/mol. The molecule has 0 unspecified atom stereocenters. The molecule has 1 N–H and O–H groups in total. The highest BCUT2D eigenvalue weighted by atomic mass is 19.4. The summed E-state index contributed by atoms with van der Waals surface area (Å²) >= 11 is 0. The monoisotopic (exact) mass is 474 g/mol. The van der Waals surface area contributed by atoms with Crippen molar-refractivity contribution in [3.63, 3.8) is 0 Å². The van der Waals surface area contributed by atoms with E-state index in [2.05, 4.69) is 25.6 Å². The summed E-state index contributed by atoms with van der Waals surface area (Å²) in [6.45, 7) is -0.766. The summed E-state index contributed by atoms with van der Waals surface area (Å²) < 4.78 is 69.0. The summed E-state index contributed by atoms with van der Waals surface area (Å²) in [6.07, 6.45) is -0.568. The second-order valence-electron chi connectivity index (χ2n) is 6.78. The zero-order valence-corrected chi connectivity index (χ0v) is 16.8. The number of amides is 1. The van der Waals surface area contributed by atoms with Crippen LogP contribution >= 0.6 is 0 Å². The first kappa shape index (κ1) is 22.5. The molecule has 0 aliphatic heterocycles. The third-order valence-electron chi connectivity index (χ3n) is 4.53. The van der Waals surface area contributed by atoms with Gasteiger partial charge >= 0.3 is 6.18 Å². The normalized spacial score (nSPS) is 11.3. The molecule has 4 aromatic rings. The van der Waals surface area contributed by atoms with E-state index in [1.165, 1.54) is 18.5 Å². The predicted molar refractivity (Wildman–Crippen MR) is 105 cm³/mol. The number of carbonyl (C=O) groups is 1. The molecule has 3 aromatic heterocycles. The lowest BCUT2D eigenvalue weighted by molar-refractivity contribution is -0.144. The zero-order valence-electron chi connectivity index (χ0n) is 16.8. The number of benzene rings is 1. The van der Waals surface area contributed by atoms with Crippen molar-refractivity contribution in [2.24, 2.45) is 0 Å². The van der Waals surface area contributed by atoms with Crippen molar-refractivity contribution in [2.45, 2.75) is 12.7 Å². The second-order valence-corrected chi connectivity index (χ2v) is 6.78. The molecule has 4 rings (SSSR count). The van der Waals surface area contributed by atoms with Gasteiger partial charge in [0.1, 0.15) is 23.3 Å². The summed E-state index contributed by atoms with van der Waals surface area (Å²) in [7, 11) is 0. The average Bonchev–Trinajstić information content (AvgIpc) is 3.46. The van der Waals surface area contributed by atoms with E-state index in [1.54, 1.807) is 0 Å². The van der Waals surface area contributed by atoms with Crippen molar-refractivity contribution < 1.29 is 26.7 Å². The largest absolute Gasteiger partial charge is 0.433 e. The fourth-order valence-corrected chi connectivity index (χ4v) is 3.09. The number of carbonyl (C=O) groups excluding carboxylic acids is 1. The molecule has 9 nitrogen and oxygen atoms in total. The van der Waals surface area contributed by atoms with Gasteiger partial charge in [0.15, 0.2) is 11.5 Å². The Bertz CT molecular complexity index is 1410. The van der Waals surface area contributed by atoms with Crippen molar-refractivity contribution in [1.29, 1.82) is 5.26 Å². The molecule has 34 heavy (non-hydrogen) atoms. The molecule has 0 aliphatic rings. The highest BCUT2D eigenvalue weighted by molar-refractivity contribution is 6.05. The van der Waals surface area contributed by atoms with Crippen LogP contribution in [-0.2, 0) is 12.7 Å². The van der Waals surface area contributed by atoms with Gasteiger partial charge in [-0.25, -0.2) is 13.8 Å². The van der Waals surface area contributed by atoms with E-state index in [0.717, 1.165) is 29.2 Å². The summed E-state index contributed by atoms with van der Waals surface area (Å²) in [6, 6.07) is 5.36. The van der Waals surface area contributed by atoms with Crippen LogP contribution in [0.15, 0.2) is 49.1 Å². The number of hydrogen-bond donors (Lipinski definition) is 1. The van der Waals surface area contributed by atoms with Gasteiger partial charge in [-0.3, -0.25) is 9.48 Å². The van der Waals surface area contributed by atoms with Gasteiger partial charge in [0.25, 0.3) is 5.91 Å². The number of alkyl halides is 3. The molecule has 0 aliphatic carbocycles. The van der Waals surface area contributed by atoms with Crippen LogP contribution in [0.2, 0.25) is 0 Å². The Hall–Kier alpha value is -4.67. The predicted octanol–water partition coefficient (Wildman–Crippen LogP) is 3.33. The van der Waals surface area contributed by atoms with Gasteiger partial charge in [-0.2, -0.15) is 33.7 Å². The maximum absolute atomic E-state index is 13.9. The molecular formula is C20H11F5N8O. The number of hydrogen-bond acceptors (Lipinski definition) is 6. The number of nitriles is 1. The van der Waals surface area contributed by atoms with Gasteiger partial charge in [-0.1, -0.05) is 0 Å². The summed E-state index contributed by atoms with van der Waals surface area (Å²) in [4.78, 5) is 17.7. The fraction of sp³-hybridized carbons (Fsp3) is 0.100. The Morgan fingerprint density at radius 2 is 1.82 bits per heavy atom. The molecule has 0 radical (unpaired) electrons. The molecule has 0 bridgehead atoms. The molecule has 1 amide bonds. The first-order valence-corrected chi connectivity index (χ1v) is 9.32. The number of rotatable bonds is 5. The van der Waals surface area contributed by atoms with E-state index in [1.807, 2.05) is 6.07 Å². The molecule has 3 heterocycles. The summed E-state index contributed by atoms with van der Waals surface area (Å²) in [5.74, 6) is -2.93. The van der Waals surface area contributed by atoms with E-state index in [9.17, 15) is 32.0 Å². The number of pyridine rings is 1. The van der Waals surface area contributed by atoms with Crippen LogP contribution in [0.5, 0.6) is 0 Å². The fourth-order valence-electron chi connectivity index (χ4n) is 3.09. The Morgan fingerprint density at radius 1 is 1.09 bits per heavy atom. The minimum absolute atomic E-state index is 0.0476. The van der Waals surface area contributed by atoms with Gasteiger partial charge in [0.2, 0.25) is 0 Å². The van der Waals surface area contributed by atoms with Crippen LogP contribution in [-0.4, -0.2) is 35.7 Å². The van der Waals surface area contributed by atoms with Gasteiger partial charge in [0, 0.05) is 5.56 Å². The van der Waals surface area contributed by atoms with Gasteiger partial charge in [0.05, 0.1) is 42.6 Å². The number of aromatic nitrogens is 6. The van der Waals surface area contributed by atoms with Gasteiger partial charge in [-0.05, 0) is 24.3 Å². The average molecular weight is 474 g/mol. The van der Waals surface area contributed by atoms with Crippen LogP contribution < -0.4 is 5.32 Å². The molecule has 0 atom stereocenters. The van der Waals surface area contributed by atoms with Crippen LogP contribution in [0, 0.1) is 23.0 Å². The van der Waals surface area contributed by atoms with Crippen LogP contribution in [0.1, 0.15) is 27.2 Å². The maximum Gasteiger partial charge on any atom is 0.433 e. The zero-order chi connectivity index (χ0) is 24.5. The van der Waals surface area contributed by atoms with Crippen molar-refractivity contribution in [2.75, 3.05) is 5.32 Å². The van der Waals surface area contributed by atoms with Crippen molar-refractivity contribution >= 4 is 11.6 Å². The highest BCUT2D eigenvalue weighted by Crippen LogP contribution is 2.33. The van der Waals surface area contributed by atoms with Crippen molar-refractivity contribution in [3.05, 3.63) is 83.1 Å². The third kappa shape index (κ3) is 4.44. The van der Waals surface area contributed by atoms with E-state index in [0.29, 0.717) is 10.9 Å². The van der Waals surface area contributed by atoms with Gasteiger partial charge < -0.3 is 5.32 Å². The lowest BCUT2D eigenvalue weighted by atomic mass is 10.2. The Balaban J connectivity index is 1.65. The summed E-state index contributed by atoms with van der Waals surface area (Å²) in [5.41, 5.74) is -2.83. The second kappa shape index (κ2) is 8.70. The minimum Gasteiger partial charge on any atom is -0.320 e. The van der Waals surface area contributed by atoms with Crippen molar-refractivity contribution in [3.8, 4) is 11.9 Å². The number of halogens is 5. The molecule has 0 saturated carbocycles. The Kier molecular flexibility index (Phi) is 5.76. The maximum atomic E-state index is 13.9. The first-order valence-electron chi connectivity index (χ1n) is 9.32. The number of anilines is 1.